The summed E-state index contributed by atoms with van der Waals surface area (Å²) in [5.41, 5.74) is 3.59. The van der Waals surface area contributed by atoms with Crippen LogP contribution in [-0.2, 0) is 11.2 Å². The van der Waals surface area contributed by atoms with E-state index in [2.05, 4.69) is 22.3 Å². The lowest BCUT2D eigenvalue weighted by atomic mass is 10.1. The molecule has 102 valence electrons. The van der Waals surface area contributed by atoms with E-state index in [-0.39, 0.29) is 5.91 Å². The Labute approximate surface area is 118 Å². The van der Waals surface area contributed by atoms with Crippen molar-refractivity contribution in [1.82, 2.24) is 4.90 Å². The van der Waals surface area contributed by atoms with Crippen molar-refractivity contribution in [2.24, 2.45) is 0 Å². The molecule has 0 radical (unpaired) electrons. The molecule has 1 N–H and O–H groups in total. The summed E-state index contributed by atoms with van der Waals surface area (Å²) >= 11 is 6.39. The maximum Gasteiger partial charge on any atom is 0.219 e. The van der Waals surface area contributed by atoms with Crippen molar-refractivity contribution in [2.45, 2.75) is 13.3 Å². The van der Waals surface area contributed by atoms with E-state index in [1.165, 1.54) is 11.3 Å². The average Bonchev–Trinajstić information content (AvgIpc) is 2.85. The highest BCUT2D eigenvalue weighted by molar-refractivity contribution is 6.33. The zero-order chi connectivity index (χ0) is 13.4. The van der Waals surface area contributed by atoms with Gasteiger partial charge in [0.05, 0.1) is 10.7 Å². The number of carbonyl (C=O) groups excluding carboxylic acids is 1. The lowest BCUT2D eigenvalue weighted by Gasteiger charge is -2.36. The summed E-state index contributed by atoms with van der Waals surface area (Å²) in [5, 5.41) is 4.20. The van der Waals surface area contributed by atoms with E-state index in [4.69, 9.17) is 11.6 Å². The quantitative estimate of drug-likeness (QED) is 0.854. The smallest absolute Gasteiger partial charge is 0.219 e. The predicted octanol–water partition coefficient (Wildman–Crippen LogP) is 1.98. The van der Waals surface area contributed by atoms with Crippen molar-refractivity contribution in [2.75, 3.05) is 42.9 Å². The summed E-state index contributed by atoms with van der Waals surface area (Å²) in [4.78, 5) is 15.5. The zero-order valence-electron chi connectivity index (χ0n) is 11.1. The number of benzene rings is 1. The first-order valence-electron chi connectivity index (χ1n) is 6.72. The van der Waals surface area contributed by atoms with Gasteiger partial charge in [-0.25, -0.2) is 0 Å². The van der Waals surface area contributed by atoms with Crippen LogP contribution >= 0.6 is 11.6 Å². The van der Waals surface area contributed by atoms with Gasteiger partial charge in [0.25, 0.3) is 0 Å². The number of nitrogens with zero attached hydrogens (tertiary/aromatic N) is 2. The van der Waals surface area contributed by atoms with Gasteiger partial charge in [0, 0.05) is 45.3 Å². The van der Waals surface area contributed by atoms with Crippen molar-refractivity contribution in [3.05, 3.63) is 22.7 Å². The van der Waals surface area contributed by atoms with Crippen molar-refractivity contribution < 1.29 is 4.79 Å². The molecule has 2 heterocycles. The van der Waals surface area contributed by atoms with Crippen LogP contribution in [0.5, 0.6) is 0 Å². The molecule has 0 unspecified atom stereocenters. The molecular formula is C14H18ClN3O. The van der Waals surface area contributed by atoms with Crippen LogP contribution in [0.15, 0.2) is 12.1 Å². The number of amides is 1. The van der Waals surface area contributed by atoms with Crippen LogP contribution in [0.3, 0.4) is 0 Å². The number of piperazine rings is 1. The first-order chi connectivity index (χ1) is 9.15. The Kier molecular flexibility index (Phi) is 3.27. The fourth-order valence-corrected chi connectivity index (χ4v) is 3.12. The zero-order valence-corrected chi connectivity index (χ0v) is 11.8. The van der Waals surface area contributed by atoms with Crippen LogP contribution < -0.4 is 10.2 Å². The van der Waals surface area contributed by atoms with Crippen molar-refractivity contribution in [3.63, 3.8) is 0 Å². The molecule has 1 fully saturated rings. The second-order valence-electron chi connectivity index (χ2n) is 5.13. The molecular weight excluding hydrogens is 262 g/mol. The third-order valence-electron chi connectivity index (χ3n) is 3.95. The number of halogens is 1. The molecule has 5 heteroatoms. The van der Waals surface area contributed by atoms with Crippen LogP contribution in [-0.4, -0.2) is 43.5 Å². The van der Waals surface area contributed by atoms with E-state index < -0.39 is 0 Å². The highest BCUT2D eigenvalue weighted by Crippen LogP contribution is 2.35. The van der Waals surface area contributed by atoms with Crippen molar-refractivity contribution in [1.29, 1.82) is 0 Å². The molecule has 1 aromatic rings. The van der Waals surface area contributed by atoms with Gasteiger partial charge in [-0.15, -0.1) is 0 Å². The van der Waals surface area contributed by atoms with Crippen molar-refractivity contribution in [3.8, 4) is 0 Å². The molecule has 1 amide bonds. The summed E-state index contributed by atoms with van der Waals surface area (Å²) in [5.74, 6) is 0.154. The predicted molar refractivity (Wildman–Crippen MR) is 78.1 cm³/mol. The van der Waals surface area contributed by atoms with E-state index in [0.717, 1.165) is 49.9 Å². The Morgan fingerprint density at radius 3 is 2.68 bits per heavy atom. The fourth-order valence-electron chi connectivity index (χ4n) is 2.81. The van der Waals surface area contributed by atoms with Crippen LogP contribution in [0, 0.1) is 0 Å². The minimum atomic E-state index is 0.154. The first-order valence-corrected chi connectivity index (χ1v) is 7.10. The minimum Gasteiger partial charge on any atom is -0.384 e. The number of nitrogens with one attached hydrogen (secondary N) is 1. The first kappa shape index (κ1) is 12.6. The van der Waals surface area contributed by atoms with E-state index in [1.54, 1.807) is 6.92 Å². The summed E-state index contributed by atoms with van der Waals surface area (Å²) < 4.78 is 0. The highest BCUT2D eigenvalue weighted by atomic mass is 35.5. The monoisotopic (exact) mass is 279 g/mol. The van der Waals surface area contributed by atoms with Crippen molar-refractivity contribution >= 4 is 28.9 Å². The molecule has 0 saturated carbocycles. The van der Waals surface area contributed by atoms with Gasteiger partial charge in [-0.2, -0.15) is 0 Å². The SMILES string of the molecule is CC(=O)N1CCN(c2cc3c(cc2Cl)CCN3)CC1. The van der Waals surface area contributed by atoms with E-state index in [1.807, 2.05) is 4.90 Å². The lowest BCUT2D eigenvalue weighted by Crippen LogP contribution is -2.48. The fraction of sp³-hybridized carbons (Fsp3) is 0.500. The molecule has 0 aliphatic carbocycles. The minimum absolute atomic E-state index is 0.154. The Bertz CT molecular complexity index is 510. The van der Waals surface area contributed by atoms with Crippen LogP contribution in [0.1, 0.15) is 12.5 Å². The maximum atomic E-state index is 11.3. The molecule has 0 atom stereocenters. The van der Waals surface area contributed by atoms with E-state index in [0.29, 0.717) is 0 Å². The second kappa shape index (κ2) is 4.93. The highest BCUT2D eigenvalue weighted by Gasteiger charge is 2.22. The summed E-state index contributed by atoms with van der Waals surface area (Å²) in [6.07, 6.45) is 1.05. The van der Waals surface area contributed by atoms with Gasteiger partial charge in [-0.3, -0.25) is 4.79 Å². The maximum absolute atomic E-state index is 11.3. The van der Waals surface area contributed by atoms with Gasteiger partial charge in [0.2, 0.25) is 5.91 Å². The molecule has 4 nitrogen and oxygen atoms in total. The molecule has 2 aliphatic rings. The van der Waals surface area contributed by atoms with Crippen LogP contribution in [0.25, 0.3) is 0 Å². The van der Waals surface area contributed by atoms with Crippen LogP contribution in [0.2, 0.25) is 5.02 Å². The molecule has 0 bridgehead atoms. The molecule has 0 spiro atoms. The second-order valence-corrected chi connectivity index (χ2v) is 5.54. The van der Waals surface area contributed by atoms with Gasteiger partial charge in [0.15, 0.2) is 0 Å². The molecule has 19 heavy (non-hydrogen) atoms. The van der Waals surface area contributed by atoms with Gasteiger partial charge in [0.1, 0.15) is 0 Å². The summed E-state index contributed by atoms with van der Waals surface area (Å²) in [7, 11) is 0. The largest absolute Gasteiger partial charge is 0.384 e. The molecule has 1 saturated heterocycles. The molecule has 3 rings (SSSR count). The number of hydrogen-bond acceptors (Lipinski definition) is 3. The summed E-state index contributed by atoms with van der Waals surface area (Å²) in [6, 6.07) is 4.22. The van der Waals surface area contributed by atoms with Gasteiger partial charge in [-0.1, -0.05) is 11.6 Å². The number of carbonyl (C=O) groups is 1. The standard InChI is InChI=1S/C14H18ClN3O/c1-10(19)17-4-6-18(7-5-17)14-9-13-11(2-3-16-13)8-12(14)15/h8-9,16H,2-7H2,1H3. The normalized spacial score (nSPS) is 18.2. The Balaban J connectivity index is 1.78. The van der Waals surface area contributed by atoms with Gasteiger partial charge < -0.3 is 15.1 Å². The Morgan fingerprint density at radius 1 is 1.26 bits per heavy atom. The number of hydrogen-bond donors (Lipinski definition) is 1. The van der Waals surface area contributed by atoms with Gasteiger partial charge >= 0.3 is 0 Å². The number of rotatable bonds is 1. The topological polar surface area (TPSA) is 35.6 Å². The molecule has 0 aromatic heterocycles. The lowest BCUT2D eigenvalue weighted by molar-refractivity contribution is -0.129. The Morgan fingerprint density at radius 2 is 2.00 bits per heavy atom. The van der Waals surface area contributed by atoms with E-state index >= 15 is 0 Å². The number of anilines is 2. The summed E-state index contributed by atoms with van der Waals surface area (Å²) in [6.45, 7) is 5.86. The van der Waals surface area contributed by atoms with E-state index in [9.17, 15) is 4.79 Å². The molecule has 2 aliphatic heterocycles. The Hall–Kier alpha value is -1.42. The molecule has 1 aromatic carbocycles. The van der Waals surface area contributed by atoms with Gasteiger partial charge in [-0.05, 0) is 24.1 Å². The third kappa shape index (κ3) is 2.37. The third-order valence-corrected chi connectivity index (χ3v) is 4.25. The average molecular weight is 280 g/mol. The van der Waals surface area contributed by atoms with Crippen LogP contribution in [0.4, 0.5) is 11.4 Å². The number of fused-ring (bicyclic) bond motifs is 1.